The Morgan fingerprint density at radius 3 is 2.67 bits per heavy atom. The number of carboxylic acids is 1. The van der Waals surface area contributed by atoms with Gasteiger partial charge in [0.25, 0.3) is 5.91 Å². The third kappa shape index (κ3) is 4.20. The van der Waals surface area contributed by atoms with Crippen LogP contribution in [0.25, 0.3) is 0 Å². The molecule has 1 amide bonds. The monoisotopic (exact) mass is 368 g/mol. The van der Waals surface area contributed by atoms with Crippen LogP contribution in [0.4, 0.5) is 11.6 Å². The van der Waals surface area contributed by atoms with Crippen LogP contribution in [-0.4, -0.2) is 52.8 Å². The summed E-state index contributed by atoms with van der Waals surface area (Å²) in [5.74, 6) is -0.900. The van der Waals surface area contributed by atoms with Gasteiger partial charge in [-0.1, -0.05) is 18.2 Å². The van der Waals surface area contributed by atoms with E-state index in [1.54, 1.807) is 41.4 Å². The zero-order chi connectivity index (χ0) is 19.4. The highest BCUT2D eigenvalue weighted by molar-refractivity contribution is 6.40. The molecule has 2 aromatic rings. The fourth-order valence-electron chi connectivity index (χ4n) is 2.63. The number of anilines is 2. The maximum absolute atomic E-state index is 12.5. The smallest absolute Gasteiger partial charge is 0.328 e. The second-order valence-corrected chi connectivity index (χ2v) is 6.21. The van der Waals surface area contributed by atoms with Crippen molar-refractivity contribution >= 4 is 29.2 Å². The van der Waals surface area contributed by atoms with Gasteiger partial charge in [-0.15, -0.1) is 0 Å². The first-order valence-corrected chi connectivity index (χ1v) is 8.37. The van der Waals surface area contributed by atoms with Gasteiger partial charge in [0.1, 0.15) is 5.71 Å². The van der Waals surface area contributed by atoms with Gasteiger partial charge >= 0.3 is 5.97 Å². The van der Waals surface area contributed by atoms with Crippen LogP contribution in [-0.2, 0) is 16.1 Å². The number of aromatic nitrogens is 2. The third-order valence-electron chi connectivity index (χ3n) is 4.01. The number of hydrazone groups is 1. The Morgan fingerprint density at radius 2 is 2.00 bits per heavy atom. The summed E-state index contributed by atoms with van der Waals surface area (Å²) in [5, 5.41) is 17.8. The van der Waals surface area contributed by atoms with Crippen LogP contribution in [0.1, 0.15) is 12.1 Å². The molecule has 2 heterocycles. The van der Waals surface area contributed by atoms with E-state index in [1.807, 2.05) is 20.2 Å². The van der Waals surface area contributed by atoms with Crippen molar-refractivity contribution in [2.75, 3.05) is 24.0 Å². The number of nitrogens with zero attached hydrogens (tertiary/aromatic N) is 5. The number of hydrogen-bond donors (Lipinski definition) is 2. The molecule has 2 N–H and O–H groups in total. The second kappa shape index (κ2) is 7.81. The minimum atomic E-state index is -1.03. The molecule has 0 bridgehead atoms. The molecule has 140 valence electrons. The summed E-state index contributed by atoms with van der Waals surface area (Å²) in [6, 6.07) is 9.72. The average molecular weight is 368 g/mol. The summed E-state index contributed by atoms with van der Waals surface area (Å²) < 4.78 is 0. The molecule has 0 fully saturated rings. The molecule has 0 radical (unpaired) electrons. The molecule has 1 aliphatic rings. The number of carboxylic acid groups (broad SMARTS) is 1. The first kappa shape index (κ1) is 18.3. The van der Waals surface area contributed by atoms with Gasteiger partial charge in [0, 0.05) is 26.7 Å². The van der Waals surface area contributed by atoms with Gasteiger partial charge in [-0.05, 0) is 18.2 Å². The Kier molecular flexibility index (Phi) is 5.30. The van der Waals surface area contributed by atoms with Gasteiger partial charge in [-0.2, -0.15) is 5.10 Å². The van der Waals surface area contributed by atoms with Crippen LogP contribution < -0.4 is 15.2 Å². The van der Waals surface area contributed by atoms with E-state index in [0.29, 0.717) is 17.3 Å². The molecule has 1 unspecified atom stereocenters. The molecule has 0 aliphatic carbocycles. The Morgan fingerprint density at radius 1 is 1.26 bits per heavy atom. The average Bonchev–Trinajstić information content (AvgIpc) is 3.13. The maximum Gasteiger partial charge on any atom is 0.328 e. The molecule has 1 aromatic carbocycles. The highest BCUT2D eigenvalue weighted by atomic mass is 16.4. The summed E-state index contributed by atoms with van der Waals surface area (Å²) in [7, 11) is 3.66. The maximum atomic E-state index is 12.5. The number of amides is 1. The van der Waals surface area contributed by atoms with Crippen LogP contribution in [0, 0.1) is 0 Å². The molecule has 9 heteroatoms. The van der Waals surface area contributed by atoms with Crippen molar-refractivity contribution in [1.29, 1.82) is 0 Å². The summed E-state index contributed by atoms with van der Waals surface area (Å²) in [5.41, 5.74) is 1.45. The number of nitrogens with one attached hydrogen (secondary N) is 1. The molecular weight excluding hydrogens is 348 g/mol. The van der Waals surface area contributed by atoms with Gasteiger partial charge in [-0.3, -0.25) is 9.80 Å². The topological polar surface area (TPSA) is 111 Å². The van der Waals surface area contributed by atoms with Crippen molar-refractivity contribution < 1.29 is 14.7 Å². The van der Waals surface area contributed by atoms with Crippen molar-refractivity contribution in [3.05, 3.63) is 48.3 Å². The quantitative estimate of drug-likeness (QED) is 0.778. The minimum absolute atomic E-state index is 0.0305. The van der Waals surface area contributed by atoms with E-state index in [4.69, 9.17) is 0 Å². The second-order valence-electron chi connectivity index (χ2n) is 6.21. The number of rotatable bonds is 6. The van der Waals surface area contributed by atoms with Gasteiger partial charge in [-0.25, -0.2) is 14.8 Å². The molecule has 0 saturated carbocycles. The number of carbonyl (C=O) groups excluding carboxylic acids is 1. The number of hydrogen-bond acceptors (Lipinski definition) is 7. The summed E-state index contributed by atoms with van der Waals surface area (Å²) in [6.45, 7) is 0.199. The molecule has 3 rings (SSSR count). The van der Waals surface area contributed by atoms with Crippen molar-refractivity contribution in [2.45, 2.75) is 19.0 Å². The van der Waals surface area contributed by atoms with E-state index >= 15 is 0 Å². The van der Waals surface area contributed by atoms with Crippen molar-refractivity contribution in [2.24, 2.45) is 5.10 Å². The van der Waals surface area contributed by atoms with E-state index in [0.717, 1.165) is 0 Å². The fourth-order valence-corrected chi connectivity index (χ4v) is 2.63. The molecule has 27 heavy (non-hydrogen) atoms. The lowest BCUT2D eigenvalue weighted by Crippen LogP contribution is -2.35. The standard InChI is InChI=1S/C18H20N6O3/c1-23(2)18-19-9-8-12(21-18)11-20-16(25)14-10-15(17(26)27)24(22-14)13-6-4-3-5-7-13/h3-9,15H,10-11H2,1-2H3,(H,20,25)(H,26,27). The zero-order valence-corrected chi connectivity index (χ0v) is 15.0. The van der Waals surface area contributed by atoms with Crippen molar-refractivity contribution in [3.63, 3.8) is 0 Å². The Labute approximate surface area is 156 Å². The Hall–Kier alpha value is -3.49. The van der Waals surface area contributed by atoms with Gasteiger partial charge in [0.2, 0.25) is 5.95 Å². The van der Waals surface area contributed by atoms with Gasteiger partial charge < -0.3 is 15.3 Å². The van der Waals surface area contributed by atoms with E-state index < -0.39 is 17.9 Å². The van der Waals surface area contributed by atoms with Crippen LogP contribution in [0.2, 0.25) is 0 Å². The van der Waals surface area contributed by atoms with Crippen molar-refractivity contribution in [3.8, 4) is 0 Å². The first-order chi connectivity index (χ1) is 13.0. The number of benzene rings is 1. The van der Waals surface area contributed by atoms with Crippen LogP contribution in [0.3, 0.4) is 0 Å². The number of para-hydroxylation sites is 1. The predicted octanol–water partition coefficient (Wildman–Crippen LogP) is 0.878. The molecule has 9 nitrogen and oxygen atoms in total. The molecule has 1 aliphatic heterocycles. The lowest BCUT2D eigenvalue weighted by molar-refractivity contribution is -0.138. The first-order valence-electron chi connectivity index (χ1n) is 8.37. The van der Waals surface area contributed by atoms with Crippen LogP contribution in [0.5, 0.6) is 0 Å². The van der Waals surface area contributed by atoms with E-state index in [-0.39, 0.29) is 18.7 Å². The van der Waals surface area contributed by atoms with E-state index in [1.165, 1.54) is 5.01 Å². The van der Waals surface area contributed by atoms with Crippen LogP contribution >= 0.6 is 0 Å². The largest absolute Gasteiger partial charge is 0.480 e. The molecular formula is C18H20N6O3. The Balaban J connectivity index is 1.71. The van der Waals surface area contributed by atoms with Gasteiger partial charge in [0.05, 0.1) is 17.9 Å². The molecule has 1 atom stereocenters. The van der Waals surface area contributed by atoms with Crippen LogP contribution in [0.15, 0.2) is 47.7 Å². The lowest BCUT2D eigenvalue weighted by atomic mass is 10.1. The van der Waals surface area contributed by atoms with Gasteiger partial charge in [0.15, 0.2) is 6.04 Å². The Bertz CT molecular complexity index is 868. The normalized spacial score (nSPS) is 16.0. The van der Waals surface area contributed by atoms with E-state index in [9.17, 15) is 14.7 Å². The number of carbonyl (C=O) groups is 2. The highest BCUT2D eigenvalue weighted by Crippen LogP contribution is 2.24. The summed E-state index contributed by atoms with van der Waals surface area (Å²) >= 11 is 0. The molecule has 1 aromatic heterocycles. The molecule has 0 saturated heterocycles. The molecule has 0 spiro atoms. The lowest BCUT2D eigenvalue weighted by Gasteiger charge is -2.19. The van der Waals surface area contributed by atoms with E-state index in [2.05, 4.69) is 20.4 Å². The summed E-state index contributed by atoms with van der Waals surface area (Å²) in [6.07, 6.45) is 1.65. The fraction of sp³-hybridized carbons (Fsp3) is 0.278. The summed E-state index contributed by atoms with van der Waals surface area (Å²) in [4.78, 5) is 34.3. The zero-order valence-electron chi connectivity index (χ0n) is 15.0. The number of aliphatic carboxylic acids is 1. The minimum Gasteiger partial charge on any atom is -0.480 e. The third-order valence-corrected chi connectivity index (χ3v) is 4.01. The highest BCUT2D eigenvalue weighted by Gasteiger charge is 2.36. The van der Waals surface area contributed by atoms with Crippen molar-refractivity contribution in [1.82, 2.24) is 15.3 Å². The predicted molar refractivity (Wildman–Crippen MR) is 101 cm³/mol. The SMILES string of the molecule is CN(C)c1nccc(CNC(=O)C2=NN(c3ccccc3)C(C(=O)O)C2)n1.